The quantitative estimate of drug-likeness (QED) is 0.839. The van der Waals surface area contributed by atoms with E-state index in [1.165, 1.54) is 6.07 Å². The van der Waals surface area contributed by atoms with Gasteiger partial charge in [-0.05, 0) is 43.5 Å². The van der Waals surface area contributed by atoms with Crippen molar-refractivity contribution in [3.05, 3.63) is 29.6 Å². The smallest absolute Gasteiger partial charge is 0.341 e. The highest BCUT2D eigenvalue weighted by atomic mass is 19.4. The second-order valence-electron chi connectivity index (χ2n) is 5.49. The van der Waals surface area contributed by atoms with Crippen LogP contribution in [-0.2, 0) is 6.18 Å². The molecule has 2 unspecified atom stereocenters. The van der Waals surface area contributed by atoms with Gasteiger partial charge in [0.1, 0.15) is 5.82 Å². The van der Waals surface area contributed by atoms with Crippen molar-refractivity contribution in [1.29, 1.82) is 0 Å². The first kappa shape index (κ1) is 13.4. The van der Waals surface area contributed by atoms with Crippen LogP contribution in [-0.4, -0.2) is 16.5 Å². The summed E-state index contributed by atoms with van der Waals surface area (Å²) in [5, 5.41) is 3.36. The minimum Gasteiger partial charge on any atom is -0.341 e. The van der Waals surface area contributed by atoms with Gasteiger partial charge in [0.25, 0.3) is 0 Å². The van der Waals surface area contributed by atoms with Gasteiger partial charge in [0.15, 0.2) is 0 Å². The van der Waals surface area contributed by atoms with Gasteiger partial charge in [0.05, 0.1) is 22.6 Å². The summed E-state index contributed by atoms with van der Waals surface area (Å²) >= 11 is 0. The van der Waals surface area contributed by atoms with Crippen molar-refractivity contribution in [2.45, 2.75) is 32.0 Å². The summed E-state index contributed by atoms with van der Waals surface area (Å²) in [5.41, 5.74) is 0.369. The number of aromatic nitrogens is 2. The summed E-state index contributed by atoms with van der Waals surface area (Å²) in [6.07, 6.45) is -2.25. The predicted molar refractivity (Wildman–Crippen MR) is 70.2 cm³/mol. The van der Waals surface area contributed by atoms with Gasteiger partial charge in [0, 0.05) is 0 Å². The average Bonchev–Trinajstić information content (AvgIpc) is 2.80. The van der Waals surface area contributed by atoms with Crippen LogP contribution in [0.3, 0.4) is 0 Å². The molecule has 1 aromatic heterocycles. The van der Waals surface area contributed by atoms with Gasteiger partial charge in [-0.25, -0.2) is 4.98 Å². The predicted octanol–water partition coefficient (Wildman–Crippen LogP) is 3.64. The molecule has 0 spiro atoms. The minimum atomic E-state index is -4.32. The summed E-state index contributed by atoms with van der Waals surface area (Å²) in [7, 11) is 0. The number of benzene rings is 1. The van der Waals surface area contributed by atoms with Gasteiger partial charge in [-0.1, -0.05) is 6.92 Å². The number of nitrogens with zero attached hydrogens (tertiary/aromatic N) is 1. The van der Waals surface area contributed by atoms with E-state index in [0.717, 1.165) is 37.3 Å². The molecule has 20 heavy (non-hydrogen) atoms. The molecule has 6 heteroatoms. The molecule has 3 nitrogen and oxygen atoms in total. The fourth-order valence-corrected chi connectivity index (χ4v) is 2.69. The van der Waals surface area contributed by atoms with E-state index < -0.39 is 11.7 Å². The third-order valence-corrected chi connectivity index (χ3v) is 3.82. The lowest BCUT2D eigenvalue weighted by atomic mass is 9.94. The number of imidazole rings is 1. The Balaban J connectivity index is 1.94. The number of halogens is 3. The number of rotatable bonds is 1. The Labute approximate surface area is 114 Å². The number of aromatic amines is 1. The number of hydrogen-bond acceptors (Lipinski definition) is 2. The zero-order valence-corrected chi connectivity index (χ0v) is 11.1. The maximum Gasteiger partial charge on any atom is 0.416 e. The zero-order chi connectivity index (χ0) is 14.3. The average molecular weight is 283 g/mol. The first-order valence-corrected chi connectivity index (χ1v) is 6.74. The molecular formula is C14H16F3N3. The lowest BCUT2D eigenvalue weighted by molar-refractivity contribution is -0.137. The molecule has 3 rings (SSSR count). The number of H-pyrrole nitrogens is 1. The summed E-state index contributed by atoms with van der Waals surface area (Å²) in [6.45, 7) is 3.09. The van der Waals surface area contributed by atoms with E-state index in [2.05, 4.69) is 22.2 Å². The molecule has 1 aliphatic heterocycles. The van der Waals surface area contributed by atoms with Crippen LogP contribution in [0.4, 0.5) is 13.2 Å². The van der Waals surface area contributed by atoms with Crippen LogP contribution in [0, 0.1) is 5.92 Å². The fraction of sp³-hybridized carbons (Fsp3) is 0.500. The first-order valence-electron chi connectivity index (χ1n) is 6.74. The second-order valence-corrected chi connectivity index (χ2v) is 5.49. The molecule has 0 radical (unpaired) electrons. The van der Waals surface area contributed by atoms with Crippen LogP contribution in [0.2, 0.25) is 0 Å². The molecule has 2 N–H and O–H groups in total. The van der Waals surface area contributed by atoms with Crippen molar-refractivity contribution < 1.29 is 13.2 Å². The van der Waals surface area contributed by atoms with Crippen LogP contribution in [0.5, 0.6) is 0 Å². The number of fused-ring (bicyclic) bond motifs is 1. The molecule has 1 saturated heterocycles. The van der Waals surface area contributed by atoms with Crippen LogP contribution >= 0.6 is 0 Å². The Morgan fingerprint density at radius 2 is 2.10 bits per heavy atom. The van der Waals surface area contributed by atoms with E-state index >= 15 is 0 Å². The minimum absolute atomic E-state index is 0.0977. The molecule has 108 valence electrons. The maximum atomic E-state index is 12.7. The lowest BCUT2D eigenvalue weighted by Gasteiger charge is -2.26. The molecule has 0 saturated carbocycles. The van der Waals surface area contributed by atoms with E-state index in [-0.39, 0.29) is 6.04 Å². The maximum absolute atomic E-state index is 12.7. The largest absolute Gasteiger partial charge is 0.416 e. The van der Waals surface area contributed by atoms with Crippen molar-refractivity contribution >= 4 is 11.0 Å². The Hall–Kier alpha value is -1.56. The summed E-state index contributed by atoms with van der Waals surface area (Å²) in [6, 6.07) is 3.72. The number of hydrogen-bond donors (Lipinski definition) is 2. The molecular weight excluding hydrogens is 267 g/mol. The third kappa shape index (κ3) is 2.52. The highest BCUT2D eigenvalue weighted by Gasteiger charge is 2.31. The van der Waals surface area contributed by atoms with Crippen LogP contribution in [0.1, 0.15) is 37.2 Å². The monoisotopic (exact) mass is 283 g/mol. The van der Waals surface area contributed by atoms with Gasteiger partial charge >= 0.3 is 6.18 Å². The number of piperidine rings is 1. The lowest BCUT2D eigenvalue weighted by Crippen LogP contribution is -2.31. The van der Waals surface area contributed by atoms with Gasteiger partial charge < -0.3 is 10.3 Å². The molecule has 0 amide bonds. The van der Waals surface area contributed by atoms with Crippen molar-refractivity contribution in [2.75, 3.05) is 6.54 Å². The van der Waals surface area contributed by atoms with Crippen molar-refractivity contribution in [3.63, 3.8) is 0 Å². The Morgan fingerprint density at radius 3 is 2.80 bits per heavy atom. The van der Waals surface area contributed by atoms with Crippen LogP contribution in [0.25, 0.3) is 11.0 Å². The molecule has 2 aromatic rings. The molecule has 0 aliphatic carbocycles. The highest BCUT2D eigenvalue weighted by Crippen LogP contribution is 2.32. The third-order valence-electron chi connectivity index (χ3n) is 3.82. The Kier molecular flexibility index (Phi) is 3.20. The first-order chi connectivity index (χ1) is 9.43. The SMILES string of the molecule is CC1CCNC(c2nc3ccc(C(F)(F)F)cc3[nH]2)C1. The van der Waals surface area contributed by atoms with Gasteiger partial charge in [0.2, 0.25) is 0 Å². The molecule has 1 fully saturated rings. The van der Waals surface area contributed by atoms with Crippen molar-refractivity contribution in [3.8, 4) is 0 Å². The molecule has 2 heterocycles. The summed E-state index contributed by atoms with van der Waals surface area (Å²) in [4.78, 5) is 7.43. The molecule has 1 aliphatic rings. The van der Waals surface area contributed by atoms with E-state index in [0.29, 0.717) is 17.0 Å². The van der Waals surface area contributed by atoms with E-state index in [4.69, 9.17) is 0 Å². The van der Waals surface area contributed by atoms with Crippen LogP contribution in [0.15, 0.2) is 18.2 Å². The van der Waals surface area contributed by atoms with Crippen LogP contribution < -0.4 is 5.32 Å². The summed E-state index contributed by atoms with van der Waals surface area (Å²) in [5.74, 6) is 1.33. The second kappa shape index (κ2) is 4.77. The van der Waals surface area contributed by atoms with Gasteiger partial charge in [-0.15, -0.1) is 0 Å². The fourth-order valence-electron chi connectivity index (χ4n) is 2.69. The summed E-state index contributed by atoms with van der Waals surface area (Å²) < 4.78 is 38.0. The number of nitrogens with one attached hydrogen (secondary N) is 2. The standard InChI is InChI=1S/C14H16F3N3/c1-8-4-5-18-12(6-8)13-19-10-3-2-9(14(15,16)17)7-11(10)20-13/h2-3,7-8,12,18H,4-6H2,1H3,(H,19,20). The van der Waals surface area contributed by atoms with Gasteiger partial charge in [-0.3, -0.25) is 0 Å². The molecule has 0 bridgehead atoms. The number of alkyl halides is 3. The Morgan fingerprint density at radius 1 is 1.30 bits per heavy atom. The van der Waals surface area contributed by atoms with Gasteiger partial charge in [-0.2, -0.15) is 13.2 Å². The van der Waals surface area contributed by atoms with Crippen molar-refractivity contribution in [2.24, 2.45) is 5.92 Å². The van der Waals surface area contributed by atoms with Crippen molar-refractivity contribution in [1.82, 2.24) is 15.3 Å². The normalized spacial score (nSPS) is 24.2. The topological polar surface area (TPSA) is 40.7 Å². The Bertz CT molecular complexity index is 618. The molecule has 2 atom stereocenters. The molecule has 1 aromatic carbocycles. The van der Waals surface area contributed by atoms with E-state index in [9.17, 15) is 13.2 Å². The van der Waals surface area contributed by atoms with E-state index in [1.807, 2.05) is 0 Å². The van der Waals surface area contributed by atoms with E-state index in [1.54, 1.807) is 0 Å². The zero-order valence-electron chi connectivity index (χ0n) is 11.1. The highest BCUT2D eigenvalue weighted by molar-refractivity contribution is 5.76.